The van der Waals surface area contributed by atoms with Crippen molar-refractivity contribution < 1.29 is 37.9 Å². The number of esters is 2. The molecule has 0 spiro atoms. The molecule has 39 heavy (non-hydrogen) atoms. The highest BCUT2D eigenvalue weighted by atomic mass is 31.2. The Morgan fingerprint density at radius 1 is 0.615 bits per heavy atom. The third-order valence-corrected chi connectivity index (χ3v) is 7.41. The minimum absolute atomic E-state index is 0.269. The fourth-order valence-corrected chi connectivity index (χ4v) is 5.03. The number of phosphoric ester groups is 1. The van der Waals surface area contributed by atoms with Crippen molar-refractivity contribution in [2.24, 2.45) is 0 Å². The molecule has 1 atom stereocenters. The van der Waals surface area contributed by atoms with Gasteiger partial charge >= 0.3 is 19.8 Å². The Morgan fingerprint density at radius 2 is 0.974 bits per heavy atom. The smallest absolute Gasteiger partial charge is 0.462 e. The molecule has 0 saturated heterocycles. The first-order chi connectivity index (χ1) is 18.7. The van der Waals surface area contributed by atoms with E-state index in [0.717, 1.165) is 26.2 Å². The molecule has 0 aliphatic heterocycles. The highest BCUT2D eigenvalue weighted by molar-refractivity contribution is 7.46. The van der Waals surface area contributed by atoms with Crippen molar-refractivity contribution in [2.45, 2.75) is 168 Å². The first-order valence-electron chi connectivity index (χ1n) is 15.8. The van der Waals surface area contributed by atoms with Crippen molar-refractivity contribution in [1.29, 1.82) is 0 Å². The number of ether oxygens (including phenoxy) is 2. The van der Waals surface area contributed by atoms with Crippen LogP contribution in [-0.2, 0) is 28.2 Å². The molecule has 0 heterocycles. The van der Waals surface area contributed by atoms with Gasteiger partial charge in [-0.1, -0.05) is 142 Å². The van der Waals surface area contributed by atoms with E-state index in [4.69, 9.17) is 19.3 Å². The molecule has 0 aromatic heterocycles. The largest absolute Gasteiger partial charge is 0.469 e. The van der Waals surface area contributed by atoms with Crippen molar-refractivity contribution in [3.8, 4) is 0 Å². The van der Waals surface area contributed by atoms with Gasteiger partial charge in [-0.05, 0) is 6.42 Å². The molecular formula is C30H59O8P. The van der Waals surface area contributed by atoms with Gasteiger partial charge in [-0.15, -0.1) is 0 Å². The van der Waals surface area contributed by atoms with Gasteiger partial charge in [0.05, 0.1) is 6.61 Å². The lowest BCUT2D eigenvalue weighted by Crippen LogP contribution is -2.28. The SMILES string of the molecule is CCCCCCCCCCCCCCCCCCCCCCCCC(=O)OC[C@H](COP(=O)(O)O)OC(C)=O. The summed E-state index contributed by atoms with van der Waals surface area (Å²) in [5, 5.41) is 0. The van der Waals surface area contributed by atoms with E-state index in [9.17, 15) is 14.2 Å². The molecule has 0 aliphatic rings. The number of carbonyl (C=O) groups excluding carboxylic acids is 2. The quantitative estimate of drug-likeness (QED) is 0.0514. The molecule has 2 N–H and O–H groups in total. The van der Waals surface area contributed by atoms with Crippen molar-refractivity contribution in [3.63, 3.8) is 0 Å². The summed E-state index contributed by atoms with van der Waals surface area (Å²) in [6.07, 6.45) is 28.1. The van der Waals surface area contributed by atoms with Crippen LogP contribution in [0.3, 0.4) is 0 Å². The van der Waals surface area contributed by atoms with Crippen LogP contribution in [0.2, 0.25) is 0 Å². The molecule has 0 saturated carbocycles. The Labute approximate surface area is 238 Å². The molecule has 0 fully saturated rings. The van der Waals surface area contributed by atoms with Crippen LogP contribution in [0.4, 0.5) is 0 Å². The highest BCUT2D eigenvalue weighted by Crippen LogP contribution is 2.35. The van der Waals surface area contributed by atoms with Crippen LogP contribution >= 0.6 is 7.82 Å². The van der Waals surface area contributed by atoms with Gasteiger partial charge in [0.25, 0.3) is 0 Å². The van der Waals surface area contributed by atoms with E-state index in [2.05, 4.69) is 11.4 Å². The zero-order chi connectivity index (χ0) is 29.0. The van der Waals surface area contributed by atoms with E-state index in [1.165, 1.54) is 122 Å². The van der Waals surface area contributed by atoms with Gasteiger partial charge in [-0.2, -0.15) is 0 Å². The molecule has 0 radical (unpaired) electrons. The zero-order valence-corrected chi connectivity index (χ0v) is 25.9. The normalized spacial score (nSPS) is 12.4. The zero-order valence-electron chi connectivity index (χ0n) is 25.0. The van der Waals surface area contributed by atoms with Gasteiger partial charge in [0.1, 0.15) is 6.61 Å². The summed E-state index contributed by atoms with van der Waals surface area (Å²) in [5.74, 6) is -1.07. The molecule has 0 aromatic rings. The molecule has 8 nitrogen and oxygen atoms in total. The minimum Gasteiger partial charge on any atom is -0.462 e. The van der Waals surface area contributed by atoms with Gasteiger partial charge in [-0.25, -0.2) is 4.57 Å². The number of phosphoric acid groups is 1. The highest BCUT2D eigenvalue weighted by Gasteiger charge is 2.21. The van der Waals surface area contributed by atoms with Gasteiger partial charge in [0.2, 0.25) is 0 Å². The first kappa shape index (κ1) is 38.0. The number of unbranched alkanes of at least 4 members (excludes halogenated alkanes) is 21. The van der Waals surface area contributed by atoms with E-state index in [1.807, 2.05) is 0 Å². The third kappa shape index (κ3) is 31.4. The maximum atomic E-state index is 11.9. The fourth-order valence-electron chi connectivity index (χ4n) is 4.67. The summed E-state index contributed by atoms with van der Waals surface area (Å²) in [4.78, 5) is 40.5. The van der Waals surface area contributed by atoms with Crippen molar-refractivity contribution in [3.05, 3.63) is 0 Å². The van der Waals surface area contributed by atoms with Gasteiger partial charge in [-0.3, -0.25) is 14.1 Å². The van der Waals surface area contributed by atoms with Gasteiger partial charge in [0, 0.05) is 13.3 Å². The molecule has 232 valence electrons. The van der Waals surface area contributed by atoms with Crippen molar-refractivity contribution in [1.82, 2.24) is 0 Å². The molecular weight excluding hydrogens is 519 g/mol. The van der Waals surface area contributed by atoms with Crippen molar-refractivity contribution >= 4 is 19.8 Å². The van der Waals surface area contributed by atoms with E-state index in [1.54, 1.807) is 0 Å². The summed E-state index contributed by atoms with van der Waals surface area (Å²) >= 11 is 0. The Bertz CT molecular complexity index is 622. The van der Waals surface area contributed by atoms with E-state index >= 15 is 0 Å². The van der Waals surface area contributed by atoms with Crippen LogP contribution in [0.1, 0.15) is 162 Å². The number of hydrogen-bond donors (Lipinski definition) is 2. The molecule has 0 aromatic carbocycles. The Kier molecular flexibility index (Phi) is 26.6. The van der Waals surface area contributed by atoms with Gasteiger partial charge < -0.3 is 19.3 Å². The monoisotopic (exact) mass is 578 g/mol. The standard InChI is InChI=1S/C30H59O8P/c1-3-4-5-6-7-8-9-10-11-12-13-14-15-16-17-18-19-20-21-22-23-24-25-30(32)36-26-29(38-28(2)31)27-37-39(33,34)35/h29H,3-27H2,1-2H3,(H2,33,34,35)/t29-/m1/s1. The maximum Gasteiger partial charge on any atom is 0.469 e. The van der Waals surface area contributed by atoms with Crippen molar-refractivity contribution in [2.75, 3.05) is 13.2 Å². The summed E-state index contributed by atoms with van der Waals surface area (Å²) in [6, 6.07) is 0. The second kappa shape index (κ2) is 27.2. The second-order valence-corrected chi connectivity index (χ2v) is 12.1. The van der Waals surface area contributed by atoms with E-state index in [-0.39, 0.29) is 13.0 Å². The van der Waals surface area contributed by atoms with E-state index < -0.39 is 32.5 Å². The average Bonchev–Trinajstić information content (AvgIpc) is 2.88. The van der Waals surface area contributed by atoms with Crippen LogP contribution < -0.4 is 0 Å². The number of carbonyl (C=O) groups is 2. The third-order valence-electron chi connectivity index (χ3n) is 6.93. The Balaban J connectivity index is 3.42. The summed E-state index contributed by atoms with van der Waals surface area (Å²) in [6.45, 7) is 2.60. The molecule has 0 aliphatic carbocycles. The summed E-state index contributed by atoms with van der Waals surface area (Å²) in [5.41, 5.74) is 0. The van der Waals surface area contributed by atoms with Crippen LogP contribution in [0.5, 0.6) is 0 Å². The molecule has 9 heteroatoms. The average molecular weight is 579 g/mol. The lowest BCUT2D eigenvalue weighted by molar-refractivity contribution is -0.159. The number of hydrogen-bond acceptors (Lipinski definition) is 6. The van der Waals surface area contributed by atoms with E-state index in [0.29, 0.717) is 0 Å². The predicted molar refractivity (Wildman–Crippen MR) is 156 cm³/mol. The minimum atomic E-state index is -4.69. The first-order valence-corrected chi connectivity index (χ1v) is 17.3. The molecule has 0 rings (SSSR count). The van der Waals surface area contributed by atoms with Crippen LogP contribution in [0, 0.1) is 0 Å². The van der Waals surface area contributed by atoms with Crippen LogP contribution in [0.25, 0.3) is 0 Å². The van der Waals surface area contributed by atoms with Gasteiger partial charge in [0.15, 0.2) is 6.10 Å². The molecule has 0 bridgehead atoms. The molecule has 0 unspecified atom stereocenters. The topological polar surface area (TPSA) is 119 Å². The summed E-state index contributed by atoms with van der Waals surface area (Å²) < 4.78 is 25.1. The predicted octanol–water partition coefficient (Wildman–Crippen LogP) is 8.56. The van der Waals surface area contributed by atoms with Crippen LogP contribution in [0.15, 0.2) is 0 Å². The Hall–Kier alpha value is -0.950. The second-order valence-electron chi connectivity index (χ2n) is 10.9. The Morgan fingerprint density at radius 3 is 1.31 bits per heavy atom. The fraction of sp³-hybridized carbons (Fsp3) is 0.933. The lowest BCUT2D eigenvalue weighted by Gasteiger charge is -2.17. The van der Waals surface area contributed by atoms with Crippen LogP contribution in [-0.4, -0.2) is 41.0 Å². The number of rotatable bonds is 29. The lowest BCUT2D eigenvalue weighted by atomic mass is 10.0. The molecule has 0 amide bonds. The maximum absolute atomic E-state index is 11.9. The summed E-state index contributed by atoms with van der Waals surface area (Å²) in [7, 11) is -4.69.